The smallest absolute Gasteiger partial charge is 0.153 e. The molecule has 1 aromatic heterocycles. The van der Waals surface area contributed by atoms with E-state index in [-0.39, 0.29) is 16.2 Å². The van der Waals surface area contributed by atoms with Gasteiger partial charge in [0, 0.05) is 21.6 Å². The number of hydrogen-bond acceptors (Lipinski definition) is 2. The standard InChI is InChI=1S/C32H37O2P/c1-30(2,3)22-16-25(31(4,5)6)29(26(17-22)32(7,8)9)35-19-21-13-11-15-24-23-14-10-12-20(18-33)27(23)34-28(21)24/h10-19H,1-9H3. The van der Waals surface area contributed by atoms with Gasteiger partial charge >= 0.3 is 0 Å². The molecule has 0 N–H and O–H groups in total. The number of furan rings is 1. The Labute approximate surface area is 211 Å². The Hall–Kier alpha value is -2.70. The molecular weight excluding hydrogens is 447 g/mol. The van der Waals surface area contributed by atoms with E-state index in [1.54, 1.807) is 6.07 Å². The highest BCUT2D eigenvalue weighted by molar-refractivity contribution is 7.48. The largest absolute Gasteiger partial charge is 0.455 e. The first kappa shape index (κ1) is 25.4. The minimum Gasteiger partial charge on any atom is -0.455 e. The molecule has 2 nitrogen and oxygen atoms in total. The molecule has 35 heavy (non-hydrogen) atoms. The summed E-state index contributed by atoms with van der Waals surface area (Å²) in [7, 11) is 1.14. The normalized spacial score (nSPS) is 13.3. The summed E-state index contributed by atoms with van der Waals surface area (Å²) in [6.07, 6.45) is 0.869. The van der Waals surface area contributed by atoms with Crippen LogP contribution >= 0.6 is 8.20 Å². The second-order valence-electron chi connectivity index (χ2n) is 12.6. The Kier molecular flexibility index (Phi) is 6.35. The fraction of sp³-hybridized carbons (Fsp3) is 0.375. The number of rotatable bonds is 3. The van der Waals surface area contributed by atoms with E-state index in [0.29, 0.717) is 11.1 Å². The molecule has 0 saturated heterocycles. The van der Waals surface area contributed by atoms with E-state index < -0.39 is 0 Å². The predicted octanol–water partition coefficient (Wildman–Crippen LogP) is 8.71. The van der Waals surface area contributed by atoms with Crippen molar-refractivity contribution in [2.45, 2.75) is 78.6 Å². The fourth-order valence-electron chi connectivity index (χ4n) is 4.54. The van der Waals surface area contributed by atoms with Gasteiger partial charge in [0.05, 0.1) is 5.56 Å². The average molecular weight is 485 g/mol. The maximum atomic E-state index is 11.6. The van der Waals surface area contributed by atoms with Crippen molar-refractivity contribution in [3.05, 3.63) is 76.3 Å². The SMILES string of the molecule is CC(C)(C)c1cc(C(C)(C)C)c(P=Cc2cccc3c2oc2c(C=O)cccc23)c(C(C)(C)C)c1. The molecule has 0 amide bonds. The van der Waals surface area contributed by atoms with Gasteiger partial charge in [-0.25, -0.2) is 0 Å². The molecule has 3 heteroatoms. The zero-order valence-electron chi connectivity index (χ0n) is 22.5. The van der Waals surface area contributed by atoms with Crippen LogP contribution in [0.2, 0.25) is 0 Å². The lowest BCUT2D eigenvalue weighted by Gasteiger charge is -2.32. The Morgan fingerprint density at radius 2 is 1.17 bits per heavy atom. The second kappa shape index (κ2) is 8.75. The molecule has 0 fully saturated rings. The number of para-hydroxylation sites is 2. The fourth-order valence-corrected chi connectivity index (χ4v) is 6.09. The monoisotopic (exact) mass is 484 g/mol. The summed E-state index contributed by atoms with van der Waals surface area (Å²) in [6, 6.07) is 16.8. The van der Waals surface area contributed by atoms with E-state index in [2.05, 4.69) is 98.4 Å². The Morgan fingerprint density at radius 1 is 0.686 bits per heavy atom. The maximum absolute atomic E-state index is 11.6. The molecule has 0 atom stereocenters. The average Bonchev–Trinajstić information content (AvgIpc) is 3.14. The molecule has 0 spiro atoms. The lowest BCUT2D eigenvalue weighted by Crippen LogP contribution is -2.29. The van der Waals surface area contributed by atoms with Gasteiger partial charge in [0.2, 0.25) is 0 Å². The molecule has 0 aliphatic rings. The third-order valence-electron chi connectivity index (χ3n) is 6.64. The van der Waals surface area contributed by atoms with E-state index >= 15 is 0 Å². The summed E-state index contributed by atoms with van der Waals surface area (Å²) in [5.74, 6) is 2.27. The van der Waals surface area contributed by atoms with Crippen molar-refractivity contribution < 1.29 is 9.21 Å². The number of carbonyl (C=O) groups excluding carboxylic acids is 1. The van der Waals surface area contributed by atoms with Crippen LogP contribution in [0.4, 0.5) is 0 Å². The number of hydrogen-bond donors (Lipinski definition) is 0. The van der Waals surface area contributed by atoms with Gasteiger partial charge in [-0.2, -0.15) is 0 Å². The number of fused-ring (bicyclic) bond motifs is 3. The molecule has 0 bridgehead atoms. The highest BCUT2D eigenvalue weighted by atomic mass is 31.1. The van der Waals surface area contributed by atoms with Crippen molar-refractivity contribution in [1.29, 1.82) is 0 Å². The van der Waals surface area contributed by atoms with E-state index in [1.165, 1.54) is 22.0 Å². The molecule has 3 aromatic carbocycles. The van der Waals surface area contributed by atoms with E-state index in [4.69, 9.17) is 4.42 Å². The van der Waals surface area contributed by atoms with Gasteiger partial charge in [0.25, 0.3) is 0 Å². The third kappa shape index (κ3) is 4.87. The Balaban J connectivity index is 1.97. The molecule has 0 saturated carbocycles. The van der Waals surface area contributed by atoms with Crippen molar-refractivity contribution >= 4 is 47.5 Å². The summed E-state index contributed by atoms with van der Waals surface area (Å²) in [4.78, 5) is 11.6. The summed E-state index contributed by atoms with van der Waals surface area (Å²) < 4.78 is 6.29. The van der Waals surface area contributed by atoms with Crippen molar-refractivity contribution in [2.24, 2.45) is 0 Å². The van der Waals surface area contributed by atoms with Gasteiger partial charge in [-0.3, -0.25) is 4.79 Å². The van der Waals surface area contributed by atoms with Crippen LogP contribution in [0.15, 0.2) is 52.9 Å². The molecule has 182 valence electrons. The quantitative estimate of drug-likeness (QED) is 0.215. The molecule has 4 rings (SSSR count). The summed E-state index contributed by atoms with van der Waals surface area (Å²) in [6.45, 7) is 20.7. The predicted molar refractivity (Wildman–Crippen MR) is 153 cm³/mol. The lowest BCUT2D eigenvalue weighted by atomic mass is 9.75. The van der Waals surface area contributed by atoms with Gasteiger partial charge in [0.1, 0.15) is 11.2 Å². The summed E-state index contributed by atoms with van der Waals surface area (Å²) in [5.41, 5.74) is 7.42. The minimum absolute atomic E-state index is 0.0155. The molecule has 0 aliphatic carbocycles. The summed E-state index contributed by atoms with van der Waals surface area (Å²) >= 11 is 0. The number of benzene rings is 3. The molecule has 0 unspecified atom stereocenters. The van der Waals surface area contributed by atoms with Crippen LogP contribution in [0.25, 0.3) is 21.9 Å². The summed E-state index contributed by atoms with van der Waals surface area (Å²) in [5, 5.41) is 3.40. The molecule has 0 aliphatic heterocycles. The van der Waals surface area contributed by atoms with Crippen LogP contribution in [0.5, 0.6) is 0 Å². The first-order valence-corrected chi connectivity index (χ1v) is 13.3. The Bertz CT molecular complexity index is 1410. The first-order valence-electron chi connectivity index (χ1n) is 12.3. The van der Waals surface area contributed by atoms with Gasteiger partial charge in [-0.15, -0.1) is 0 Å². The molecule has 0 radical (unpaired) electrons. The highest BCUT2D eigenvalue weighted by Gasteiger charge is 2.28. The maximum Gasteiger partial charge on any atom is 0.153 e. The van der Waals surface area contributed by atoms with Gasteiger partial charge < -0.3 is 4.42 Å². The van der Waals surface area contributed by atoms with Crippen LogP contribution in [-0.4, -0.2) is 12.1 Å². The third-order valence-corrected chi connectivity index (χ3v) is 7.78. The zero-order valence-corrected chi connectivity index (χ0v) is 23.4. The van der Waals surface area contributed by atoms with E-state index in [1.807, 2.05) is 12.1 Å². The van der Waals surface area contributed by atoms with E-state index in [0.717, 1.165) is 36.4 Å². The van der Waals surface area contributed by atoms with Gasteiger partial charge in [0.15, 0.2) is 6.29 Å². The first-order chi connectivity index (χ1) is 16.2. The van der Waals surface area contributed by atoms with Gasteiger partial charge in [-0.1, -0.05) is 113 Å². The van der Waals surface area contributed by atoms with Crippen molar-refractivity contribution in [1.82, 2.24) is 0 Å². The Morgan fingerprint density at radius 3 is 1.63 bits per heavy atom. The number of carbonyl (C=O) groups is 1. The lowest BCUT2D eigenvalue weighted by molar-refractivity contribution is 0.112. The zero-order chi connectivity index (χ0) is 25.8. The number of aldehydes is 1. The van der Waals surface area contributed by atoms with Crippen molar-refractivity contribution in [3.8, 4) is 0 Å². The second-order valence-corrected chi connectivity index (χ2v) is 13.6. The molecular formula is C32H37O2P. The minimum atomic E-state index is 0.0155. The molecule has 4 aromatic rings. The van der Waals surface area contributed by atoms with Crippen LogP contribution < -0.4 is 5.30 Å². The molecule has 1 heterocycles. The van der Waals surface area contributed by atoms with Crippen molar-refractivity contribution in [3.63, 3.8) is 0 Å². The van der Waals surface area contributed by atoms with E-state index in [9.17, 15) is 4.79 Å². The van der Waals surface area contributed by atoms with Crippen LogP contribution in [0.3, 0.4) is 0 Å². The van der Waals surface area contributed by atoms with Crippen LogP contribution in [0, 0.1) is 0 Å². The van der Waals surface area contributed by atoms with Crippen LogP contribution in [0.1, 0.15) is 94.9 Å². The highest BCUT2D eigenvalue weighted by Crippen LogP contribution is 2.36. The van der Waals surface area contributed by atoms with Gasteiger partial charge in [-0.05, 0) is 44.8 Å². The van der Waals surface area contributed by atoms with Crippen molar-refractivity contribution in [2.75, 3.05) is 0 Å². The van der Waals surface area contributed by atoms with Crippen LogP contribution in [-0.2, 0) is 16.2 Å². The topological polar surface area (TPSA) is 30.2 Å².